The van der Waals surface area contributed by atoms with Crippen LogP contribution in [-0.2, 0) is 32.2 Å². The maximum atomic E-state index is 6.41. The summed E-state index contributed by atoms with van der Waals surface area (Å²) in [4.78, 5) is 0. The van der Waals surface area contributed by atoms with E-state index in [-0.39, 0.29) is 30.5 Å². The fourth-order valence-corrected chi connectivity index (χ4v) is 3.73. The summed E-state index contributed by atoms with van der Waals surface area (Å²) in [5, 5.41) is 0. The molecule has 0 aromatic heterocycles. The van der Waals surface area contributed by atoms with Crippen molar-refractivity contribution in [2.75, 3.05) is 13.2 Å². The van der Waals surface area contributed by atoms with Crippen molar-refractivity contribution in [2.45, 2.75) is 58.1 Å². The Bertz CT molecular complexity index is 697. The summed E-state index contributed by atoms with van der Waals surface area (Å²) in [6.45, 7) is 6.19. The van der Waals surface area contributed by atoms with Gasteiger partial charge >= 0.3 is 0 Å². The van der Waals surface area contributed by atoms with Gasteiger partial charge in [-0.3, -0.25) is 0 Å². The molecule has 1 fully saturated rings. The van der Waals surface area contributed by atoms with E-state index < -0.39 is 0 Å². The van der Waals surface area contributed by atoms with Gasteiger partial charge in [-0.05, 0) is 17.5 Å². The Kier molecular flexibility index (Phi) is 8.65. The maximum absolute atomic E-state index is 6.41. The molecule has 0 spiro atoms. The zero-order valence-corrected chi connectivity index (χ0v) is 17.4. The van der Waals surface area contributed by atoms with Crippen LogP contribution in [0.2, 0.25) is 0 Å². The van der Waals surface area contributed by atoms with Gasteiger partial charge in [0.25, 0.3) is 0 Å². The minimum Gasteiger partial charge on any atom is -0.370 e. The summed E-state index contributed by atoms with van der Waals surface area (Å²) in [5.74, 6) is 0.0221. The molecule has 0 aliphatic carbocycles. The topological polar surface area (TPSA) is 62.9 Å². The molecule has 3 rings (SSSR count). The van der Waals surface area contributed by atoms with Crippen molar-refractivity contribution >= 4 is 0 Å². The first-order chi connectivity index (χ1) is 14.2. The van der Waals surface area contributed by atoms with Crippen LogP contribution in [0.25, 0.3) is 0 Å². The zero-order valence-electron chi connectivity index (χ0n) is 17.4. The van der Waals surface area contributed by atoms with Crippen molar-refractivity contribution in [3.05, 3.63) is 71.8 Å². The predicted octanol–water partition coefficient (Wildman–Crippen LogP) is 3.90. The lowest BCUT2D eigenvalue weighted by Gasteiger charge is -2.45. The second-order valence-corrected chi connectivity index (χ2v) is 7.49. The average Bonchev–Trinajstić information content (AvgIpc) is 2.77. The van der Waals surface area contributed by atoms with E-state index in [0.717, 1.165) is 17.5 Å². The molecule has 1 heterocycles. The van der Waals surface area contributed by atoms with Crippen LogP contribution in [0, 0.1) is 5.92 Å². The van der Waals surface area contributed by atoms with Crippen LogP contribution >= 0.6 is 0 Å². The first-order valence-electron chi connectivity index (χ1n) is 10.5. The van der Waals surface area contributed by atoms with Crippen molar-refractivity contribution in [1.29, 1.82) is 0 Å². The Hall–Kier alpha value is -1.76. The molecule has 5 heteroatoms. The molecule has 158 valence electrons. The van der Waals surface area contributed by atoms with E-state index in [1.165, 1.54) is 0 Å². The van der Waals surface area contributed by atoms with Gasteiger partial charge in [-0.25, -0.2) is 0 Å². The molecule has 29 heavy (non-hydrogen) atoms. The van der Waals surface area contributed by atoms with E-state index in [2.05, 4.69) is 38.1 Å². The molecular formula is C24H33NO4. The highest BCUT2D eigenvalue weighted by atomic mass is 16.7. The summed E-state index contributed by atoms with van der Waals surface area (Å²) in [6.07, 6.45) is 0.0659. The normalized spacial score (nSPS) is 27.1. The van der Waals surface area contributed by atoms with E-state index in [4.69, 9.17) is 24.7 Å². The quantitative estimate of drug-likeness (QED) is 0.656. The Morgan fingerprint density at radius 2 is 1.38 bits per heavy atom. The summed E-state index contributed by atoms with van der Waals surface area (Å²) in [6, 6.07) is 20.4. The molecular weight excluding hydrogens is 366 g/mol. The fourth-order valence-electron chi connectivity index (χ4n) is 3.73. The standard InChI is InChI=1S/C24H33NO4/c1-3-21-23(28-17-20-12-8-5-9-13-20)22(18(2)24(29-21)26-15-14-25)27-16-19-10-6-4-7-11-19/h4-13,18,21-24H,3,14-17,25H2,1-2H3/t18-,21?,22?,23-,24?/m1/s1. The van der Waals surface area contributed by atoms with Crippen LogP contribution in [0.1, 0.15) is 31.4 Å². The molecule has 2 aromatic carbocycles. The molecule has 0 radical (unpaired) electrons. The van der Waals surface area contributed by atoms with E-state index in [1.807, 2.05) is 36.4 Å². The highest BCUT2D eigenvalue weighted by molar-refractivity contribution is 5.14. The smallest absolute Gasteiger partial charge is 0.163 e. The first kappa shape index (κ1) is 21.9. The lowest BCUT2D eigenvalue weighted by Crippen LogP contribution is -2.56. The summed E-state index contributed by atoms with van der Waals surface area (Å²) in [5.41, 5.74) is 7.91. The monoisotopic (exact) mass is 399 g/mol. The molecule has 1 aliphatic heterocycles. The molecule has 5 nitrogen and oxygen atoms in total. The second-order valence-electron chi connectivity index (χ2n) is 7.49. The lowest BCUT2D eigenvalue weighted by molar-refractivity contribution is -0.294. The second kappa shape index (κ2) is 11.4. The van der Waals surface area contributed by atoms with Crippen molar-refractivity contribution in [2.24, 2.45) is 11.7 Å². The third-order valence-corrected chi connectivity index (χ3v) is 5.32. The van der Waals surface area contributed by atoms with Gasteiger partial charge < -0.3 is 24.7 Å². The van der Waals surface area contributed by atoms with Gasteiger partial charge in [-0.15, -0.1) is 0 Å². The van der Waals surface area contributed by atoms with Gasteiger partial charge in [0.2, 0.25) is 0 Å². The summed E-state index contributed by atoms with van der Waals surface area (Å²) in [7, 11) is 0. The minimum absolute atomic E-state index is 0.0221. The maximum Gasteiger partial charge on any atom is 0.163 e. The SMILES string of the molecule is CCC1OC(OCCN)[C@H](C)C(OCc2ccccc2)[C@@H]1OCc1ccccc1. The van der Waals surface area contributed by atoms with Gasteiger partial charge in [0.05, 0.1) is 32.0 Å². The van der Waals surface area contributed by atoms with Crippen molar-refractivity contribution in [1.82, 2.24) is 0 Å². The van der Waals surface area contributed by atoms with Gasteiger partial charge in [-0.1, -0.05) is 74.5 Å². The van der Waals surface area contributed by atoms with Gasteiger partial charge in [0, 0.05) is 12.5 Å². The number of benzene rings is 2. The van der Waals surface area contributed by atoms with Crippen molar-refractivity contribution in [3.63, 3.8) is 0 Å². The van der Waals surface area contributed by atoms with Crippen LogP contribution in [0.15, 0.2) is 60.7 Å². The van der Waals surface area contributed by atoms with E-state index in [9.17, 15) is 0 Å². The van der Waals surface area contributed by atoms with Gasteiger partial charge in [0.1, 0.15) is 6.10 Å². The lowest BCUT2D eigenvalue weighted by atomic mass is 9.90. The molecule has 2 aromatic rings. The molecule has 0 amide bonds. The van der Waals surface area contributed by atoms with Crippen LogP contribution in [0.5, 0.6) is 0 Å². The summed E-state index contributed by atoms with van der Waals surface area (Å²) >= 11 is 0. The molecule has 0 bridgehead atoms. The van der Waals surface area contributed by atoms with Gasteiger partial charge in [0.15, 0.2) is 6.29 Å². The summed E-state index contributed by atoms with van der Waals surface area (Å²) < 4.78 is 24.9. The Balaban J connectivity index is 1.74. The van der Waals surface area contributed by atoms with Crippen LogP contribution in [0.3, 0.4) is 0 Å². The third-order valence-electron chi connectivity index (χ3n) is 5.32. The molecule has 1 saturated heterocycles. The van der Waals surface area contributed by atoms with Crippen LogP contribution < -0.4 is 5.73 Å². The Labute approximate surface area is 174 Å². The molecule has 2 N–H and O–H groups in total. The minimum atomic E-state index is -0.346. The molecule has 3 unspecified atom stereocenters. The van der Waals surface area contributed by atoms with E-state index >= 15 is 0 Å². The van der Waals surface area contributed by atoms with E-state index in [0.29, 0.717) is 26.4 Å². The Morgan fingerprint density at radius 1 is 0.828 bits per heavy atom. The number of rotatable bonds is 10. The highest BCUT2D eigenvalue weighted by Crippen LogP contribution is 2.33. The number of hydrogen-bond donors (Lipinski definition) is 1. The van der Waals surface area contributed by atoms with Crippen molar-refractivity contribution in [3.8, 4) is 0 Å². The predicted molar refractivity (Wildman–Crippen MR) is 113 cm³/mol. The van der Waals surface area contributed by atoms with Crippen LogP contribution in [0.4, 0.5) is 0 Å². The largest absolute Gasteiger partial charge is 0.370 e. The number of nitrogens with two attached hydrogens (primary N) is 1. The van der Waals surface area contributed by atoms with Gasteiger partial charge in [-0.2, -0.15) is 0 Å². The molecule has 0 saturated carbocycles. The van der Waals surface area contributed by atoms with Crippen LogP contribution in [-0.4, -0.2) is 37.8 Å². The third kappa shape index (κ3) is 6.11. The average molecular weight is 400 g/mol. The molecule has 5 atom stereocenters. The van der Waals surface area contributed by atoms with E-state index in [1.54, 1.807) is 0 Å². The number of ether oxygens (including phenoxy) is 4. The first-order valence-corrected chi connectivity index (χ1v) is 10.5. The van der Waals surface area contributed by atoms with Crippen molar-refractivity contribution < 1.29 is 18.9 Å². The Morgan fingerprint density at radius 3 is 1.90 bits per heavy atom. The fraction of sp³-hybridized carbons (Fsp3) is 0.500. The zero-order chi connectivity index (χ0) is 20.5. The molecule has 1 aliphatic rings. The highest BCUT2D eigenvalue weighted by Gasteiger charge is 2.45. The number of hydrogen-bond acceptors (Lipinski definition) is 5.